The van der Waals surface area contributed by atoms with Crippen molar-refractivity contribution in [3.05, 3.63) is 54.2 Å². The molecule has 0 radical (unpaired) electrons. The fourth-order valence-electron chi connectivity index (χ4n) is 1.92. The van der Waals surface area contributed by atoms with Gasteiger partial charge >= 0.3 is 0 Å². The molecule has 0 aliphatic heterocycles. The van der Waals surface area contributed by atoms with Gasteiger partial charge in [-0.25, -0.2) is 12.8 Å². The number of fused-ring (bicyclic) bond motifs is 1. The van der Waals surface area contributed by atoms with Gasteiger partial charge in [0.2, 0.25) is 0 Å². The van der Waals surface area contributed by atoms with Gasteiger partial charge in [-0.1, -0.05) is 0 Å². The number of aryl methyl sites for hydroxylation is 1. The molecule has 0 amide bonds. The van der Waals surface area contributed by atoms with Gasteiger partial charge in [-0.15, -0.1) is 10.2 Å². The monoisotopic (exact) mass is 306 g/mol. The summed E-state index contributed by atoms with van der Waals surface area (Å²) in [4.78, 5) is -0.0112. The van der Waals surface area contributed by atoms with Crippen LogP contribution in [0, 0.1) is 12.7 Å². The second kappa shape index (κ2) is 4.81. The molecule has 0 aliphatic rings. The minimum atomic E-state index is -3.82. The summed E-state index contributed by atoms with van der Waals surface area (Å²) in [5, 5.41) is 7.57. The minimum absolute atomic E-state index is 0.0112. The number of aromatic nitrogens is 3. The van der Waals surface area contributed by atoms with Crippen LogP contribution in [0.1, 0.15) is 5.56 Å². The lowest BCUT2D eigenvalue weighted by Gasteiger charge is -2.09. The lowest BCUT2D eigenvalue weighted by atomic mass is 10.2. The first-order chi connectivity index (χ1) is 9.97. The van der Waals surface area contributed by atoms with E-state index >= 15 is 0 Å². The number of anilines is 1. The lowest BCUT2D eigenvalue weighted by Crippen LogP contribution is -2.14. The third kappa shape index (κ3) is 2.45. The van der Waals surface area contributed by atoms with Crippen LogP contribution in [0.4, 0.5) is 10.1 Å². The number of sulfonamides is 1. The van der Waals surface area contributed by atoms with Crippen molar-refractivity contribution < 1.29 is 12.8 Å². The maximum Gasteiger partial charge on any atom is 0.262 e. The Morgan fingerprint density at radius 2 is 2.10 bits per heavy atom. The number of halogens is 1. The van der Waals surface area contributed by atoms with Crippen molar-refractivity contribution in [3.8, 4) is 0 Å². The second-order valence-electron chi connectivity index (χ2n) is 4.50. The quantitative estimate of drug-likeness (QED) is 0.802. The average molecular weight is 306 g/mol. The van der Waals surface area contributed by atoms with Gasteiger partial charge in [-0.3, -0.25) is 9.12 Å². The van der Waals surface area contributed by atoms with Gasteiger partial charge < -0.3 is 0 Å². The highest BCUT2D eigenvalue weighted by molar-refractivity contribution is 7.92. The summed E-state index contributed by atoms with van der Waals surface area (Å²) in [6.07, 6.45) is 3.17. The average Bonchev–Trinajstić information content (AvgIpc) is 2.91. The van der Waals surface area contributed by atoms with Gasteiger partial charge in [0, 0.05) is 6.20 Å². The van der Waals surface area contributed by atoms with E-state index in [9.17, 15) is 12.8 Å². The summed E-state index contributed by atoms with van der Waals surface area (Å²) >= 11 is 0. The van der Waals surface area contributed by atoms with Crippen molar-refractivity contribution in [2.75, 3.05) is 4.72 Å². The van der Waals surface area contributed by atoms with Gasteiger partial charge in [0.15, 0.2) is 5.65 Å². The van der Waals surface area contributed by atoms with Crippen LogP contribution in [0.5, 0.6) is 0 Å². The number of hydrogen-bond donors (Lipinski definition) is 1. The second-order valence-corrected chi connectivity index (χ2v) is 6.18. The summed E-state index contributed by atoms with van der Waals surface area (Å²) in [5.74, 6) is -0.450. The van der Waals surface area contributed by atoms with Crippen LogP contribution >= 0.6 is 0 Å². The number of nitrogens with zero attached hydrogens (tertiary/aromatic N) is 3. The highest BCUT2D eigenvalue weighted by Gasteiger charge is 2.17. The Kier molecular flexibility index (Phi) is 3.09. The Labute approximate surface area is 120 Å². The first-order valence-corrected chi connectivity index (χ1v) is 7.53. The molecule has 6 nitrogen and oxygen atoms in total. The molecular weight excluding hydrogens is 295 g/mol. The molecule has 3 rings (SSSR count). The predicted molar refractivity (Wildman–Crippen MR) is 74.9 cm³/mol. The third-order valence-electron chi connectivity index (χ3n) is 3.01. The summed E-state index contributed by atoms with van der Waals surface area (Å²) in [5.41, 5.74) is 0.954. The van der Waals surface area contributed by atoms with E-state index in [1.807, 2.05) is 0 Å². The Balaban J connectivity index is 2.03. The standard InChI is InChI=1S/C13H11FN4O2S/c1-9-7-10(4-5-11(9)14)21(19,20)17-12-3-2-6-18-8-15-16-13(12)18/h2-8,17H,1H3. The summed E-state index contributed by atoms with van der Waals surface area (Å²) in [7, 11) is -3.82. The first kappa shape index (κ1) is 13.5. The van der Waals surface area contributed by atoms with E-state index in [2.05, 4.69) is 14.9 Å². The van der Waals surface area contributed by atoms with E-state index in [-0.39, 0.29) is 10.5 Å². The zero-order chi connectivity index (χ0) is 15.0. The van der Waals surface area contributed by atoms with Crippen LogP contribution in [-0.4, -0.2) is 23.0 Å². The van der Waals surface area contributed by atoms with E-state index in [0.717, 1.165) is 6.07 Å². The molecule has 3 aromatic rings. The number of hydrogen-bond acceptors (Lipinski definition) is 4. The van der Waals surface area contributed by atoms with Gasteiger partial charge in [-0.2, -0.15) is 0 Å². The molecule has 0 fully saturated rings. The van der Waals surface area contributed by atoms with E-state index in [0.29, 0.717) is 11.3 Å². The van der Waals surface area contributed by atoms with Gasteiger partial charge in [0.1, 0.15) is 12.1 Å². The molecule has 108 valence electrons. The largest absolute Gasteiger partial charge is 0.287 e. The summed E-state index contributed by atoms with van der Waals surface area (Å²) in [6.45, 7) is 1.51. The zero-order valence-electron chi connectivity index (χ0n) is 11.0. The summed E-state index contributed by atoms with van der Waals surface area (Å²) < 4.78 is 42.0. The van der Waals surface area contributed by atoms with Gasteiger partial charge in [0.25, 0.3) is 10.0 Å². The zero-order valence-corrected chi connectivity index (χ0v) is 11.8. The van der Waals surface area contributed by atoms with Gasteiger partial charge in [0.05, 0.1) is 10.6 Å². The molecule has 0 aliphatic carbocycles. The lowest BCUT2D eigenvalue weighted by molar-refractivity contribution is 0.598. The Morgan fingerprint density at radius 3 is 2.86 bits per heavy atom. The number of pyridine rings is 1. The van der Waals surface area contributed by atoms with Crippen molar-refractivity contribution in [3.63, 3.8) is 0 Å². The number of nitrogens with one attached hydrogen (secondary N) is 1. The number of rotatable bonds is 3. The van der Waals surface area contributed by atoms with Crippen molar-refractivity contribution in [2.45, 2.75) is 11.8 Å². The molecule has 21 heavy (non-hydrogen) atoms. The molecule has 0 spiro atoms. The Hall–Kier alpha value is -2.48. The van der Waals surface area contributed by atoms with Crippen molar-refractivity contribution in [2.24, 2.45) is 0 Å². The first-order valence-electron chi connectivity index (χ1n) is 6.05. The topological polar surface area (TPSA) is 76.4 Å². The molecule has 0 bridgehead atoms. The van der Waals surface area contributed by atoms with Crippen LogP contribution in [0.2, 0.25) is 0 Å². The van der Waals surface area contributed by atoms with Crippen LogP contribution in [-0.2, 0) is 10.0 Å². The normalized spacial score (nSPS) is 11.7. The van der Waals surface area contributed by atoms with Crippen LogP contribution in [0.3, 0.4) is 0 Å². The molecule has 0 saturated carbocycles. The molecule has 1 aromatic carbocycles. The van der Waals surface area contributed by atoms with Crippen molar-refractivity contribution in [1.82, 2.24) is 14.6 Å². The van der Waals surface area contributed by atoms with Crippen LogP contribution in [0.15, 0.2) is 47.8 Å². The maximum absolute atomic E-state index is 13.2. The smallest absolute Gasteiger partial charge is 0.262 e. The van der Waals surface area contributed by atoms with Crippen molar-refractivity contribution >= 4 is 21.4 Å². The molecular formula is C13H11FN4O2S. The van der Waals surface area contributed by atoms with E-state index in [4.69, 9.17) is 0 Å². The molecule has 0 saturated heterocycles. The Morgan fingerprint density at radius 1 is 1.29 bits per heavy atom. The van der Waals surface area contributed by atoms with Gasteiger partial charge in [-0.05, 0) is 42.8 Å². The van der Waals surface area contributed by atoms with Crippen LogP contribution < -0.4 is 4.72 Å². The fraction of sp³-hybridized carbons (Fsp3) is 0.0769. The fourth-order valence-corrected chi connectivity index (χ4v) is 3.06. The van der Waals surface area contributed by atoms with E-state index in [1.165, 1.54) is 25.4 Å². The highest BCUT2D eigenvalue weighted by atomic mass is 32.2. The predicted octanol–water partition coefficient (Wildman–Crippen LogP) is 1.98. The SMILES string of the molecule is Cc1cc(S(=O)(=O)Nc2cccn3cnnc23)ccc1F. The third-order valence-corrected chi connectivity index (χ3v) is 4.37. The molecule has 1 N–H and O–H groups in total. The van der Waals surface area contributed by atoms with E-state index < -0.39 is 15.8 Å². The molecule has 2 aromatic heterocycles. The molecule has 0 unspecified atom stereocenters. The van der Waals surface area contributed by atoms with Crippen molar-refractivity contribution in [1.29, 1.82) is 0 Å². The van der Waals surface area contributed by atoms with Crippen LogP contribution in [0.25, 0.3) is 5.65 Å². The number of benzene rings is 1. The highest BCUT2D eigenvalue weighted by Crippen LogP contribution is 2.20. The Bertz CT molecular complexity index is 921. The summed E-state index contributed by atoms with van der Waals surface area (Å²) in [6, 6.07) is 6.87. The molecule has 2 heterocycles. The van der Waals surface area contributed by atoms with E-state index in [1.54, 1.807) is 22.7 Å². The molecule has 8 heteroatoms. The molecule has 0 atom stereocenters. The maximum atomic E-state index is 13.2. The minimum Gasteiger partial charge on any atom is -0.287 e.